The monoisotopic (exact) mass is 156 g/mol. The molecule has 0 aliphatic heterocycles. The summed E-state index contributed by atoms with van der Waals surface area (Å²) in [6.45, 7) is 1.87. The van der Waals surface area contributed by atoms with E-state index in [0.717, 1.165) is 5.56 Å². The van der Waals surface area contributed by atoms with E-state index in [-0.39, 0.29) is 5.38 Å². The number of hydrogen-bond acceptors (Lipinski definition) is 2. The topological polar surface area (TPSA) is 38.9 Å². The van der Waals surface area contributed by atoms with Crippen molar-refractivity contribution in [1.82, 2.24) is 4.98 Å². The Labute approximate surface area is 65.0 Å². The first kappa shape index (κ1) is 7.35. The molecular weight excluding hydrogens is 148 g/mol. The number of hydrogen-bond donors (Lipinski definition) is 1. The number of nitrogens with two attached hydrogens (primary N) is 1. The molecule has 0 radical (unpaired) electrons. The maximum atomic E-state index is 5.79. The number of nitrogens with zero attached hydrogens (tertiary/aromatic N) is 1. The molecule has 0 saturated heterocycles. The Bertz CT molecular complexity index is 223. The molecule has 2 nitrogen and oxygen atoms in total. The second kappa shape index (κ2) is 2.88. The highest BCUT2D eigenvalue weighted by atomic mass is 35.5. The van der Waals surface area contributed by atoms with Gasteiger partial charge in [0.1, 0.15) is 5.82 Å². The van der Waals surface area contributed by atoms with Crippen molar-refractivity contribution < 1.29 is 0 Å². The van der Waals surface area contributed by atoms with Gasteiger partial charge in [-0.2, -0.15) is 0 Å². The van der Waals surface area contributed by atoms with Gasteiger partial charge in [0.15, 0.2) is 0 Å². The van der Waals surface area contributed by atoms with E-state index in [1.165, 1.54) is 0 Å². The molecule has 1 heterocycles. The lowest BCUT2D eigenvalue weighted by Crippen LogP contribution is -1.96. The zero-order valence-corrected chi connectivity index (χ0v) is 6.47. The van der Waals surface area contributed by atoms with Crippen molar-refractivity contribution in [2.24, 2.45) is 0 Å². The Hall–Kier alpha value is -0.760. The lowest BCUT2D eigenvalue weighted by molar-refractivity contribution is 1.07. The third kappa shape index (κ3) is 1.39. The fourth-order valence-electron chi connectivity index (χ4n) is 0.766. The van der Waals surface area contributed by atoms with Crippen LogP contribution in [-0.4, -0.2) is 4.98 Å². The molecular formula is C7H9ClN2. The van der Waals surface area contributed by atoms with Crippen LogP contribution in [0.3, 0.4) is 0 Å². The molecule has 1 rings (SSSR count). The summed E-state index contributed by atoms with van der Waals surface area (Å²) >= 11 is 5.79. The SMILES string of the molecule is CC(Cl)c1cccnc1N. The van der Waals surface area contributed by atoms with Crippen molar-refractivity contribution in [2.45, 2.75) is 12.3 Å². The molecule has 54 valence electrons. The molecule has 0 saturated carbocycles. The van der Waals surface area contributed by atoms with E-state index in [2.05, 4.69) is 4.98 Å². The van der Waals surface area contributed by atoms with E-state index in [1.54, 1.807) is 6.20 Å². The summed E-state index contributed by atoms with van der Waals surface area (Å²) in [5.41, 5.74) is 6.42. The molecule has 0 spiro atoms. The van der Waals surface area contributed by atoms with Crippen LogP contribution in [0.1, 0.15) is 17.9 Å². The Morgan fingerprint density at radius 3 is 2.80 bits per heavy atom. The maximum Gasteiger partial charge on any atom is 0.128 e. The second-order valence-electron chi connectivity index (χ2n) is 2.09. The van der Waals surface area contributed by atoms with Crippen molar-refractivity contribution in [3.8, 4) is 0 Å². The summed E-state index contributed by atoms with van der Waals surface area (Å²) in [7, 11) is 0. The number of nitrogen functional groups attached to an aromatic ring is 1. The van der Waals surface area contributed by atoms with Crippen molar-refractivity contribution in [2.75, 3.05) is 5.73 Å². The Morgan fingerprint density at radius 1 is 1.70 bits per heavy atom. The number of rotatable bonds is 1. The largest absolute Gasteiger partial charge is 0.383 e. The highest BCUT2D eigenvalue weighted by Crippen LogP contribution is 2.22. The summed E-state index contributed by atoms with van der Waals surface area (Å²) < 4.78 is 0. The van der Waals surface area contributed by atoms with E-state index in [4.69, 9.17) is 17.3 Å². The molecule has 2 N–H and O–H groups in total. The van der Waals surface area contributed by atoms with Gasteiger partial charge in [-0.05, 0) is 13.0 Å². The van der Waals surface area contributed by atoms with Crippen molar-refractivity contribution >= 4 is 17.4 Å². The maximum absolute atomic E-state index is 5.79. The molecule has 0 bridgehead atoms. The quantitative estimate of drug-likeness (QED) is 0.632. The van der Waals surface area contributed by atoms with Crippen LogP contribution < -0.4 is 5.73 Å². The molecule has 0 amide bonds. The highest BCUT2D eigenvalue weighted by Gasteiger charge is 2.03. The first-order valence-electron chi connectivity index (χ1n) is 3.06. The molecule has 1 aromatic heterocycles. The van der Waals surface area contributed by atoms with Gasteiger partial charge < -0.3 is 5.73 Å². The Morgan fingerprint density at radius 2 is 2.40 bits per heavy atom. The smallest absolute Gasteiger partial charge is 0.128 e. The van der Waals surface area contributed by atoms with Gasteiger partial charge in [0.05, 0.1) is 5.38 Å². The van der Waals surface area contributed by atoms with Gasteiger partial charge in [-0.25, -0.2) is 4.98 Å². The van der Waals surface area contributed by atoms with Crippen LogP contribution in [0.15, 0.2) is 18.3 Å². The molecule has 0 fully saturated rings. The molecule has 0 aliphatic rings. The minimum atomic E-state index is -0.0614. The molecule has 1 unspecified atom stereocenters. The van der Waals surface area contributed by atoms with Crippen molar-refractivity contribution in [3.63, 3.8) is 0 Å². The molecule has 1 atom stereocenters. The summed E-state index contributed by atoms with van der Waals surface area (Å²) in [4.78, 5) is 3.89. The van der Waals surface area contributed by atoms with Crippen LogP contribution in [-0.2, 0) is 0 Å². The minimum absolute atomic E-state index is 0.0614. The van der Waals surface area contributed by atoms with Crippen molar-refractivity contribution in [1.29, 1.82) is 0 Å². The third-order valence-electron chi connectivity index (χ3n) is 1.30. The number of aromatic nitrogens is 1. The van der Waals surface area contributed by atoms with Crippen LogP contribution in [0.4, 0.5) is 5.82 Å². The average molecular weight is 157 g/mol. The van der Waals surface area contributed by atoms with Crippen LogP contribution in [0.2, 0.25) is 0 Å². The summed E-state index contributed by atoms with van der Waals surface area (Å²) in [5.74, 6) is 0.519. The summed E-state index contributed by atoms with van der Waals surface area (Å²) in [6.07, 6.45) is 1.65. The fourth-order valence-corrected chi connectivity index (χ4v) is 0.951. The van der Waals surface area contributed by atoms with Gasteiger partial charge >= 0.3 is 0 Å². The predicted molar refractivity (Wildman–Crippen MR) is 42.9 cm³/mol. The van der Waals surface area contributed by atoms with E-state index in [9.17, 15) is 0 Å². The molecule has 0 aliphatic carbocycles. The van der Waals surface area contributed by atoms with Gasteiger partial charge in [0, 0.05) is 11.8 Å². The van der Waals surface area contributed by atoms with E-state index in [0.29, 0.717) is 5.82 Å². The minimum Gasteiger partial charge on any atom is -0.383 e. The van der Waals surface area contributed by atoms with Crippen LogP contribution >= 0.6 is 11.6 Å². The lowest BCUT2D eigenvalue weighted by atomic mass is 10.2. The summed E-state index contributed by atoms with van der Waals surface area (Å²) in [5, 5.41) is -0.0614. The third-order valence-corrected chi connectivity index (χ3v) is 1.53. The van der Waals surface area contributed by atoms with Crippen molar-refractivity contribution in [3.05, 3.63) is 23.9 Å². The number of halogens is 1. The Kier molecular flexibility index (Phi) is 2.12. The van der Waals surface area contributed by atoms with Gasteiger partial charge in [-0.1, -0.05) is 6.07 Å². The van der Waals surface area contributed by atoms with Crippen LogP contribution in [0, 0.1) is 0 Å². The predicted octanol–water partition coefficient (Wildman–Crippen LogP) is 1.96. The lowest BCUT2D eigenvalue weighted by Gasteiger charge is -2.04. The highest BCUT2D eigenvalue weighted by molar-refractivity contribution is 6.20. The van der Waals surface area contributed by atoms with E-state index in [1.807, 2.05) is 19.1 Å². The first-order chi connectivity index (χ1) is 4.72. The zero-order chi connectivity index (χ0) is 7.56. The van der Waals surface area contributed by atoms with Gasteiger partial charge in [-0.3, -0.25) is 0 Å². The second-order valence-corrected chi connectivity index (χ2v) is 2.75. The Balaban J connectivity index is 3.03. The van der Waals surface area contributed by atoms with Crippen LogP contribution in [0.5, 0.6) is 0 Å². The van der Waals surface area contributed by atoms with Gasteiger partial charge in [-0.15, -0.1) is 11.6 Å². The zero-order valence-electron chi connectivity index (χ0n) is 5.71. The summed E-state index contributed by atoms with van der Waals surface area (Å²) in [6, 6.07) is 3.70. The number of alkyl halides is 1. The van der Waals surface area contributed by atoms with E-state index < -0.39 is 0 Å². The van der Waals surface area contributed by atoms with Gasteiger partial charge in [0.25, 0.3) is 0 Å². The molecule has 10 heavy (non-hydrogen) atoms. The first-order valence-corrected chi connectivity index (χ1v) is 3.50. The molecule has 1 aromatic rings. The molecule has 3 heteroatoms. The standard InChI is InChI=1S/C7H9ClN2/c1-5(8)6-3-2-4-10-7(6)9/h2-5H,1H3,(H2,9,10). The number of pyridine rings is 1. The average Bonchev–Trinajstić information content (AvgIpc) is 1.88. The fraction of sp³-hybridized carbons (Fsp3) is 0.286. The van der Waals surface area contributed by atoms with Crippen LogP contribution in [0.25, 0.3) is 0 Å². The molecule has 0 aromatic carbocycles. The van der Waals surface area contributed by atoms with E-state index >= 15 is 0 Å². The van der Waals surface area contributed by atoms with Gasteiger partial charge in [0.2, 0.25) is 0 Å². The normalized spacial score (nSPS) is 13.0. The number of anilines is 1.